The lowest BCUT2D eigenvalue weighted by Crippen LogP contribution is -2.45. The fourth-order valence-corrected chi connectivity index (χ4v) is 7.00. The molecule has 0 atom stereocenters. The summed E-state index contributed by atoms with van der Waals surface area (Å²) in [5, 5.41) is 2.83. The molecule has 0 unspecified atom stereocenters. The van der Waals surface area contributed by atoms with Crippen LogP contribution in [0, 0.1) is 0 Å². The van der Waals surface area contributed by atoms with Crippen molar-refractivity contribution < 1.29 is 32.3 Å². The summed E-state index contributed by atoms with van der Waals surface area (Å²) in [7, 11) is -2.48. The van der Waals surface area contributed by atoms with Gasteiger partial charge in [-0.2, -0.15) is 0 Å². The largest absolute Gasteiger partial charge is 0.500 e. The summed E-state index contributed by atoms with van der Waals surface area (Å²) in [5.41, 5.74) is 0.442. The van der Waals surface area contributed by atoms with E-state index in [1.807, 2.05) is 20.8 Å². The van der Waals surface area contributed by atoms with Crippen LogP contribution in [0.5, 0.6) is 0 Å². The highest BCUT2D eigenvalue weighted by Gasteiger charge is 2.39. The Morgan fingerprint density at radius 1 is 0.615 bits per heavy atom. The number of alkyl carbamates (subject to hydrolysis) is 1. The van der Waals surface area contributed by atoms with Gasteiger partial charge in [-0.1, -0.05) is 77.2 Å². The molecule has 0 rings (SSSR count). The van der Waals surface area contributed by atoms with Crippen LogP contribution in [0.1, 0.15) is 124 Å². The van der Waals surface area contributed by atoms with Crippen molar-refractivity contribution in [2.45, 2.75) is 130 Å². The monoisotopic (exact) mass is 573 g/mol. The highest BCUT2D eigenvalue weighted by atomic mass is 28.4. The Labute approximate surface area is 240 Å². The minimum atomic E-state index is -2.48. The topological polar surface area (TPSA) is 92.3 Å². The van der Waals surface area contributed by atoms with Gasteiger partial charge in [0.2, 0.25) is 0 Å². The molecule has 39 heavy (non-hydrogen) atoms. The Morgan fingerprint density at radius 3 is 1.49 bits per heavy atom. The molecule has 0 saturated heterocycles. The second kappa shape index (κ2) is 26.8. The highest BCUT2D eigenvalue weighted by molar-refractivity contribution is 6.60. The molecule has 0 spiro atoms. The zero-order valence-electron chi connectivity index (χ0n) is 25.6. The summed E-state index contributed by atoms with van der Waals surface area (Å²) in [5.74, 6) is -0.311. The molecule has 8 nitrogen and oxygen atoms in total. The van der Waals surface area contributed by atoms with Gasteiger partial charge >= 0.3 is 20.9 Å². The second-order valence-electron chi connectivity index (χ2n) is 10.0. The van der Waals surface area contributed by atoms with Gasteiger partial charge in [0.15, 0.2) is 0 Å². The van der Waals surface area contributed by atoms with Gasteiger partial charge < -0.3 is 28.1 Å². The number of hydrogen-bond donors (Lipinski definition) is 1. The molecular formula is C30H59NO7Si. The Kier molecular flexibility index (Phi) is 25.8. The van der Waals surface area contributed by atoms with Gasteiger partial charge in [-0.25, -0.2) is 9.59 Å². The van der Waals surface area contributed by atoms with Crippen molar-refractivity contribution in [1.82, 2.24) is 5.32 Å². The molecule has 0 bridgehead atoms. The molecule has 0 aromatic heterocycles. The van der Waals surface area contributed by atoms with Gasteiger partial charge in [0.25, 0.3) is 0 Å². The minimum Gasteiger partial charge on any atom is -0.462 e. The third kappa shape index (κ3) is 23.0. The molecule has 230 valence electrons. The Morgan fingerprint density at radius 2 is 1.03 bits per heavy atom. The SMILES string of the molecule is C=C(C)C(=O)OCCCCCCCCNC(=O)OCCCCCCCCCCC[Si](OCC)(OCC)OCC. The lowest BCUT2D eigenvalue weighted by atomic mass is 10.1. The van der Waals surface area contributed by atoms with E-state index in [0.29, 0.717) is 45.2 Å². The van der Waals surface area contributed by atoms with Crippen LogP contribution >= 0.6 is 0 Å². The number of amides is 1. The molecule has 0 aromatic rings. The summed E-state index contributed by atoms with van der Waals surface area (Å²) >= 11 is 0. The van der Waals surface area contributed by atoms with Crippen LogP contribution < -0.4 is 5.32 Å². The molecule has 0 radical (unpaired) electrons. The maximum absolute atomic E-state index is 11.8. The molecule has 0 aliphatic carbocycles. The van der Waals surface area contributed by atoms with Crippen molar-refractivity contribution in [3.05, 3.63) is 12.2 Å². The predicted octanol–water partition coefficient (Wildman–Crippen LogP) is 7.73. The number of rotatable bonds is 28. The van der Waals surface area contributed by atoms with Crippen LogP contribution in [0.15, 0.2) is 12.2 Å². The van der Waals surface area contributed by atoms with Gasteiger partial charge in [0.1, 0.15) is 0 Å². The van der Waals surface area contributed by atoms with Crippen molar-refractivity contribution in [3.8, 4) is 0 Å². The van der Waals surface area contributed by atoms with E-state index in [4.69, 9.17) is 22.8 Å². The Balaban J connectivity index is 3.47. The molecule has 0 saturated carbocycles. The maximum Gasteiger partial charge on any atom is 0.500 e. The minimum absolute atomic E-state index is 0.306. The summed E-state index contributed by atoms with van der Waals surface area (Å²) in [6, 6.07) is 0.911. The summed E-state index contributed by atoms with van der Waals surface area (Å²) in [6.07, 6.45) is 16.4. The number of carbonyl (C=O) groups excluding carboxylic acids is 2. The lowest BCUT2D eigenvalue weighted by molar-refractivity contribution is -0.139. The molecule has 0 aliphatic rings. The predicted molar refractivity (Wildman–Crippen MR) is 160 cm³/mol. The smallest absolute Gasteiger partial charge is 0.462 e. The number of hydrogen-bond acceptors (Lipinski definition) is 7. The number of nitrogens with one attached hydrogen (secondary N) is 1. The molecule has 1 N–H and O–H groups in total. The third-order valence-corrected chi connectivity index (χ3v) is 9.53. The second-order valence-corrected chi connectivity index (χ2v) is 12.7. The molecule has 0 heterocycles. The van der Waals surface area contributed by atoms with E-state index in [-0.39, 0.29) is 12.1 Å². The van der Waals surface area contributed by atoms with Crippen LogP contribution in [-0.2, 0) is 27.5 Å². The van der Waals surface area contributed by atoms with Crippen molar-refractivity contribution >= 4 is 20.9 Å². The van der Waals surface area contributed by atoms with E-state index < -0.39 is 8.80 Å². The van der Waals surface area contributed by atoms with Crippen molar-refractivity contribution in [2.24, 2.45) is 0 Å². The zero-order valence-corrected chi connectivity index (χ0v) is 26.6. The van der Waals surface area contributed by atoms with E-state index in [2.05, 4.69) is 11.9 Å². The fourth-order valence-electron chi connectivity index (χ4n) is 4.31. The van der Waals surface area contributed by atoms with Gasteiger partial charge in [-0.15, -0.1) is 0 Å². The van der Waals surface area contributed by atoms with Crippen LogP contribution in [-0.4, -0.2) is 60.4 Å². The van der Waals surface area contributed by atoms with Gasteiger partial charge in [-0.05, 0) is 53.4 Å². The first-order chi connectivity index (χ1) is 18.9. The molecule has 0 aliphatic heterocycles. The summed E-state index contributed by atoms with van der Waals surface area (Å²) in [4.78, 5) is 23.0. The zero-order chi connectivity index (χ0) is 29.0. The van der Waals surface area contributed by atoms with Crippen molar-refractivity contribution in [3.63, 3.8) is 0 Å². The summed E-state index contributed by atoms with van der Waals surface area (Å²) in [6.45, 7) is 14.8. The first-order valence-electron chi connectivity index (χ1n) is 15.6. The van der Waals surface area contributed by atoms with Crippen LogP contribution in [0.4, 0.5) is 4.79 Å². The maximum atomic E-state index is 11.8. The molecule has 0 fully saturated rings. The van der Waals surface area contributed by atoms with Crippen molar-refractivity contribution in [2.75, 3.05) is 39.6 Å². The van der Waals surface area contributed by atoms with E-state index in [0.717, 1.165) is 63.8 Å². The highest BCUT2D eigenvalue weighted by Crippen LogP contribution is 2.21. The van der Waals surface area contributed by atoms with Gasteiger partial charge in [-0.3, -0.25) is 0 Å². The van der Waals surface area contributed by atoms with Crippen LogP contribution in [0.3, 0.4) is 0 Å². The first kappa shape index (κ1) is 37.6. The van der Waals surface area contributed by atoms with Crippen molar-refractivity contribution in [1.29, 1.82) is 0 Å². The average molecular weight is 574 g/mol. The normalized spacial score (nSPS) is 11.4. The molecule has 9 heteroatoms. The van der Waals surface area contributed by atoms with E-state index in [1.165, 1.54) is 38.5 Å². The standard InChI is InChI=1S/C30H59NO7Si/c1-6-36-39(37-7-2,38-8-3)27-23-19-15-11-9-10-13-18-22-26-35-30(33)31-24-20-16-12-14-17-21-25-34-29(32)28(4)5/h4,6-27H2,1-3,5H3,(H,31,33). The van der Waals surface area contributed by atoms with E-state index >= 15 is 0 Å². The molecule has 1 amide bonds. The summed E-state index contributed by atoms with van der Waals surface area (Å²) < 4.78 is 28.1. The molecule has 0 aromatic carbocycles. The van der Waals surface area contributed by atoms with Gasteiger partial charge in [0.05, 0.1) is 13.2 Å². The Hall–Kier alpha value is -1.42. The first-order valence-corrected chi connectivity index (χ1v) is 17.5. The third-order valence-electron chi connectivity index (χ3n) is 6.38. The average Bonchev–Trinajstić information content (AvgIpc) is 2.90. The molecular weight excluding hydrogens is 514 g/mol. The number of ether oxygens (including phenoxy) is 2. The number of esters is 1. The Bertz CT molecular complexity index is 601. The van der Waals surface area contributed by atoms with E-state index in [1.54, 1.807) is 6.92 Å². The van der Waals surface area contributed by atoms with Crippen LogP contribution in [0.25, 0.3) is 0 Å². The van der Waals surface area contributed by atoms with Gasteiger partial charge in [0, 0.05) is 38.0 Å². The quantitative estimate of drug-likeness (QED) is 0.0443. The fraction of sp³-hybridized carbons (Fsp3) is 0.867. The van der Waals surface area contributed by atoms with Crippen LogP contribution in [0.2, 0.25) is 6.04 Å². The number of carbonyl (C=O) groups is 2. The van der Waals surface area contributed by atoms with E-state index in [9.17, 15) is 9.59 Å². The number of unbranched alkanes of at least 4 members (excludes halogenated alkanes) is 13. The lowest BCUT2D eigenvalue weighted by Gasteiger charge is -2.28.